The molecule has 4 fully saturated rings. The first-order chi connectivity index (χ1) is 13.7. The van der Waals surface area contributed by atoms with Gasteiger partial charge in [0.2, 0.25) is 0 Å². The number of hydrogen-bond donors (Lipinski definition) is 0. The summed E-state index contributed by atoms with van der Waals surface area (Å²) >= 11 is 0. The van der Waals surface area contributed by atoms with E-state index < -0.39 is 61.0 Å². The molecule has 0 aromatic carbocycles. The van der Waals surface area contributed by atoms with Gasteiger partial charge in [-0.2, -0.15) is 0 Å². The van der Waals surface area contributed by atoms with Gasteiger partial charge in [0.25, 0.3) is 0 Å². The maximum Gasteiger partial charge on any atom is 0.509 e. The van der Waals surface area contributed by atoms with Crippen molar-refractivity contribution in [2.45, 2.75) is 88.8 Å². The van der Waals surface area contributed by atoms with Crippen molar-refractivity contribution in [1.82, 2.24) is 0 Å². The predicted molar refractivity (Wildman–Crippen MR) is 90.5 cm³/mol. The summed E-state index contributed by atoms with van der Waals surface area (Å²) in [7, 11) is 1.53. The third-order valence-electron chi connectivity index (χ3n) is 5.26. The number of esters is 1. The Kier molecular flexibility index (Phi) is 5.47. The van der Waals surface area contributed by atoms with E-state index in [1.807, 2.05) is 13.8 Å². The fourth-order valence-electron chi connectivity index (χ4n) is 4.13. The Labute approximate surface area is 167 Å². The van der Waals surface area contributed by atoms with E-state index in [1.165, 1.54) is 14.0 Å². The molecular weight excluding hydrogens is 392 g/mol. The van der Waals surface area contributed by atoms with Crippen LogP contribution in [0.1, 0.15) is 27.7 Å². The van der Waals surface area contributed by atoms with E-state index >= 15 is 0 Å². The molecular formula is C18H26O11. The lowest BCUT2D eigenvalue weighted by molar-refractivity contribution is -0.285. The molecule has 0 aromatic heterocycles. The Morgan fingerprint density at radius 2 is 1.72 bits per heavy atom. The van der Waals surface area contributed by atoms with Gasteiger partial charge in [-0.05, 0) is 20.8 Å². The summed E-state index contributed by atoms with van der Waals surface area (Å²) < 4.78 is 50.3. The molecule has 0 aliphatic carbocycles. The molecule has 0 spiro atoms. The highest BCUT2D eigenvalue weighted by atomic mass is 16.8. The number of hydrogen-bond acceptors (Lipinski definition) is 11. The number of carbonyl (C=O) groups is 2. The van der Waals surface area contributed by atoms with Crippen LogP contribution in [0.4, 0.5) is 4.79 Å². The minimum atomic E-state index is -0.924. The Hall–Kier alpha value is -1.50. The van der Waals surface area contributed by atoms with E-state index in [-0.39, 0.29) is 18.8 Å². The topological polar surface area (TPSA) is 117 Å². The zero-order valence-electron chi connectivity index (χ0n) is 16.9. The molecule has 9 atom stereocenters. The zero-order chi connectivity index (χ0) is 20.9. The van der Waals surface area contributed by atoms with Crippen LogP contribution in [0.5, 0.6) is 0 Å². The summed E-state index contributed by atoms with van der Waals surface area (Å²) in [6.45, 7) is 6.68. The molecule has 11 nitrogen and oxygen atoms in total. The molecule has 0 saturated carbocycles. The summed E-state index contributed by atoms with van der Waals surface area (Å²) in [5, 5.41) is 0. The molecule has 4 aliphatic heterocycles. The van der Waals surface area contributed by atoms with Crippen LogP contribution in [0.2, 0.25) is 0 Å². The quantitative estimate of drug-likeness (QED) is 0.580. The number of ether oxygens (including phenoxy) is 9. The molecule has 4 aliphatic rings. The summed E-state index contributed by atoms with van der Waals surface area (Å²) in [6.07, 6.45) is -6.70. The highest BCUT2D eigenvalue weighted by molar-refractivity contribution is 5.67. The van der Waals surface area contributed by atoms with Gasteiger partial charge in [0.1, 0.15) is 18.3 Å². The van der Waals surface area contributed by atoms with Crippen LogP contribution in [0.15, 0.2) is 0 Å². The normalized spacial score (nSPS) is 45.3. The number of rotatable bonds is 5. The minimum absolute atomic E-state index is 0.0802. The Balaban J connectivity index is 1.42. The van der Waals surface area contributed by atoms with Crippen LogP contribution in [0.3, 0.4) is 0 Å². The third kappa shape index (κ3) is 3.94. The van der Waals surface area contributed by atoms with Crippen LogP contribution in [-0.4, -0.2) is 86.9 Å². The van der Waals surface area contributed by atoms with Gasteiger partial charge in [-0.3, -0.25) is 4.79 Å². The van der Waals surface area contributed by atoms with Crippen LogP contribution in [0, 0.1) is 0 Å². The average Bonchev–Trinajstić information content (AvgIpc) is 3.26. The van der Waals surface area contributed by atoms with Gasteiger partial charge in [-0.15, -0.1) is 0 Å². The largest absolute Gasteiger partial charge is 0.509 e. The van der Waals surface area contributed by atoms with Crippen molar-refractivity contribution in [3.05, 3.63) is 0 Å². The van der Waals surface area contributed by atoms with Gasteiger partial charge in [0, 0.05) is 14.0 Å². The standard InChI is InChI=1S/C18H26O11/c1-7-10(24-8(2)19)12-13(27-17(20)26-12)16(23-7)22-6-9-11-14(15(21-5)25-9)29-18(3,4)28-11/h7,9-16H,6H2,1-5H3. The molecule has 0 amide bonds. The van der Waals surface area contributed by atoms with E-state index in [1.54, 1.807) is 6.92 Å². The molecule has 0 aromatic rings. The van der Waals surface area contributed by atoms with Gasteiger partial charge < -0.3 is 42.6 Å². The summed E-state index contributed by atoms with van der Waals surface area (Å²) in [6, 6.07) is 0. The van der Waals surface area contributed by atoms with Crippen molar-refractivity contribution >= 4 is 12.1 Å². The Bertz CT molecular complexity index is 652. The second kappa shape index (κ2) is 7.64. The predicted octanol–water partition coefficient (Wildman–Crippen LogP) is 0.475. The lowest BCUT2D eigenvalue weighted by Crippen LogP contribution is -2.57. The molecule has 0 radical (unpaired) electrons. The zero-order valence-corrected chi connectivity index (χ0v) is 16.9. The summed E-state index contributed by atoms with van der Waals surface area (Å²) in [5.41, 5.74) is 0. The van der Waals surface area contributed by atoms with E-state index in [4.69, 9.17) is 42.6 Å². The maximum atomic E-state index is 11.7. The van der Waals surface area contributed by atoms with E-state index in [2.05, 4.69) is 0 Å². The van der Waals surface area contributed by atoms with Crippen molar-refractivity contribution in [1.29, 1.82) is 0 Å². The van der Waals surface area contributed by atoms with Gasteiger partial charge >= 0.3 is 12.1 Å². The first kappa shape index (κ1) is 20.8. The molecule has 4 saturated heterocycles. The summed E-state index contributed by atoms with van der Waals surface area (Å²) in [5.74, 6) is -1.27. The van der Waals surface area contributed by atoms with Crippen LogP contribution >= 0.6 is 0 Å². The lowest BCUT2D eigenvalue weighted by atomic mass is 9.99. The fraction of sp³-hybridized carbons (Fsp3) is 0.889. The van der Waals surface area contributed by atoms with Crippen molar-refractivity contribution in [3.63, 3.8) is 0 Å². The average molecular weight is 418 g/mol. The molecule has 9 unspecified atom stereocenters. The molecule has 4 rings (SSSR count). The molecule has 29 heavy (non-hydrogen) atoms. The SMILES string of the molecule is COC1OC(COC2OC(C)C(OC(C)=O)C3OC(=O)OC23)C2OC(C)(C)OC12. The van der Waals surface area contributed by atoms with Gasteiger partial charge in [0.15, 0.2) is 36.7 Å². The van der Waals surface area contributed by atoms with Crippen LogP contribution in [-0.2, 0) is 47.4 Å². The van der Waals surface area contributed by atoms with Crippen LogP contribution < -0.4 is 0 Å². The van der Waals surface area contributed by atoms with Crippen molar-refractivity contribution in [2.75, 3.05) is 13.7 Å². The molecule has 11 heteroatoms. The minimum Gasteiger partial charge on any atom is -0.456 e. The Morgan fingerprint density at radius 3 is 2.41 bits per heavy atom. The highest BCUT2D eigenvalue weighted by Crippen LogP contribution is 2.40. The van der Waals surface area contributed by atoms with Crippen molar-refractivity contribution in [3.8, 4) is 0 Å². The first-order valence-electron chi connectivity index (χ1n) is 9.54. The van der Waals surface area contributed by atoms with Gasteiger partial charge in [0.05, 0.1) is 12.7 Å². The third-order valence-corrected chi connectivity index (χ3v) is 5.26. The first-order valence-corrected chi connectivity index (χ1v) is 9.54. The smallest absolute Gasteiger partial charge is 0.456 e. The second-order valence-electron chi connectivity index (χ2n) is 7.88. The Morgan fingerprint density at radius 1 is 1.03 bits per heavy atom. The van der Waals surface area contributed by atoms with Gasteiger partial charge in [-0.1, -0.05) is 0 Å². The number of fused-ring (bicyclic) bond motifs is 2. The molecule has 0 bridgehead atoms. The molecule has 0 N–H and O–H groups in total. The van der Waals surface area contributed by atoms with Crippen molar-refractivity contribution < 1.29 is 52.2 Å². The molecule has 4 heterocycles. The van der Waals surface area contributed by atoms with E-state index in [9.17, 15) is 9.59 Å². The number of carbonyl (C=O) groups excluding carboxylic acids is 2. The summed E-state index contributed by atoms with van der Waals surface area (Å²) in [4.78, 5) is 23.1. The lowest BCUT2D eigenvalue weighted by Gasteiger charge is -2.39. The van der Waals surface area contributed by atoms with Crippen LogP contribution in [0.25, 0.3) is 0 Å². The second-order valence-corrected chi connectivity index (χ2v) is 7.88. The van der Waals surface area contributed by atoms with Gasteiger partial charge in [-0.25, -0.2) is 4.79 Å². The molecule has 164 valence electrons. The fourth-order valence-corrected chi connectivity index (χ4v) is 4.13. The number of methoxy groups -OCH3 is 1. The van der Waals surface area contributed by atoms with E-state index in [0.29, 0.717) is 0 Å². The highest BCUT2D eigenvalue weighted by Gasteiger charge is 2.58. The van der Waals surface area contributed by atoms with E-state index in [0.717, 1.165) is 0 Å². The van der Waals surface area contributed by atoms with Crippen molar-refractivity contribution in [2.24, 2.45) is 0 Å². The monoisotopic (exact) mass is 418 g/mol. The maximum absolute atomic E-state index is 11.7.